The number of carboxylic acid groups (broad SMARTS) is 1. The summed E-state index contributed by atoms with van der Waals surface area (Å²) in [5, 5.41) is 20.1. The number of hydrogen-bond donors (Lipinski definition) is 3. The number of aromatic carboxylic acids is 1. The van der Waals surface area contributed by atoms with Crippen molar-refractivity contribution in [2.45, 2.75) is 6.92 Å². The average Bonchev–Trinajstić information content (AvgIpc) is 3.12. The molecule has 29 heavy (non-hydrogen) atoms. The molecule has 2 aromatic heterocycles. The van der Waals surface area contributed by atoms with Crippen molar-refractivity contribution in [3.8, 4) is 22.5 Å². The zero-order valence-corrected chi connectivity index (χ0v) is 16.8. The van der Waals surface area contributed by atoms with Crippen LogP contribution < -0.4 is 5.32 Å². The minimum atomic E-state index is -1.06. The maximum absolute atomic E-state index is 12.0. The lowest BCUT2D eigenvalue weighted by Gasteiger charge is -2.07. The summed E-state index contributed by atoms with van der Waals surface area (Å²) in [6.45, 7) is 1.43. The number of nitrogens with one attached hydrogen (secondary N) is 2. The monoisotopic (exact) mass is 450 g/mol. The molecular weight excluding hydrogens is 436 g/mol. The molecule has 4 aromatic rings. The number of anilines is 1. The van der Waals surface area contributed by atoms with Crippen molar-refractivity contribution in [3.05, 3.63) is 64.6 Å². The van der Waals surface area contributed by atoms with Gasteiger partial charge in [0.15, 0.2) is 5.65 Å². The number of nitrogens with zero attached hydrogens (tertiary/aromatic N) is 2. The summed E-state index contributed by atoms with van der Waals surface area (Å²) in [5.74, 6) is -1.23. The maximum Gasteiger partial charge on any atom is 0.336 e. The van der Waals surface area contributed by atoms with Gasteiger partial charge in [-0.3, -0.25) is 9.89 Å². The van der Waals surface area contributed by atoms with Crippen LogP contribution in [0.4, 0.5) is 5.69 Å². The summed E-state index contributed by atoms with van der Waals surface area (Å²) in [4.78, 5) is 27.7. The molecule has 8 heteroatoms. The number of halogens is 1. The second-order valence-electron chi connectivity index (χ2n) is 6.42. The van der Waals surface area contributed by atoms with Crippen molar-refractivity contribution in [3.63, 3.8) is 0 Å². The third-order valence-electron chi connectivity index (χ3n) is 4.39. The van der Waals surface area contributed by atoms with Crippen LogP contribution in [-0.4, -0.2) is 32.2 Å². The molecular formula is C21H15BrN4O3. The van der Waals surface area contributed by atoms with Crippen molar-refractivity contribution < 1.29 is 14.7 Å². The average molecular weight is 451 g/mol. The largest absolute Gasteiger partial charge is 0.478 e. The van der Waals surface area contributed by atoms with Crippen LogP contribution in [-0.2, 0) is 4.79 Å². The van der Waals surface area contributed by atoms with E-state index in [4.69, 9.17) is 0 Å². The molecule has 0 spiro atoms. The van der Waals surface area contributed by atoms with Gasteiger partial charge < -0.3 is 10.4 Å². The zero-order chi connectivity index (χ0) is 20.5. The highest BCUT2D eigenvalue weighted by Gasteiger charge is 2.19. The number of fused-ring (bicyclic) bond motifs is 1. The van der Waals surface area contributed by atoms with Crippen molar-refractivity contribution >= 4 is 44.5 Å². The standard InChI is InChI=1S/C21H15BrN4O3/c1-11(27)23-15-8-4-12(5-9-15)17-10-16(21(28)29)18-19(25-26-20(18)24-17)13-2-6-14(22)7-3-13/h2-10H,1H3,(H,23,27)(H,28,29)(H,24,25,26). The molecule has 0 radical (unpaired) electrons. The Morgan fingerprint density at radius 1 is 1.03 bits per heavy atom. The van der Waals surface area contributed by atoms with Crippen LogP contribution in [0.25, 0.3) is 33.5 Å². The number of amides is 1. The van der Waals surface area contributed by atoms with Gasteiger partial charge >= 0.3 is 5.97 Å². The van der Waals surface area contributed by atoms with Crippen LogP contribution in [0.15, 0.2) is 59.1 Å². The molecule has 0 atom stereocenters. The number of pyridine rings is 1. The fourth-order valence-electron chi connectivity index (χ4n) is 3.09. The fourth-order valence-corrected chi connectivity index (χ4v) is 3.36. The molecule has 0 saturated carbocycles. The normalized spacial score (nSPS) is 10.8. The van der Waals surface area contributed by atoms with Crippen LogP contribution in [0.3, 0.4) is 0 Å². The van der Waals surface area contributed by atoms with E-state index in [-0.39, 0.29) is 11.5 Å². The highest BCUT2D eigenvalue weighted by Crippen LogP contribution is 2.32. The number of hydrogen-bond acceptors (Lipinski definition) is 4. The Morgan fingerprint density at radius 3 is 2.31 bits per heavy atom. The summed E-state index contributed by atoms with van der Waals surface area (Å²) in [6.07, 6.45) is 0. The van der Waals surface area contributed by atoms with Gasteiger partial charge in [0.25, 0.3) is 0 Å². The quantitative estimate of drug-likeness (QED) is 0.417. The molecule has 144 valence electrons. The van der Waals surface area contributed by atoms with E-state index in [9.17, 15) is 14.7 Å². The minimum absolute atomic E-state index is 0.114. The van der Waals surface area contributed by atoms with Gasteiger partial charge in [0.05, 0.1) is 22.3 Å². The van der Waals surface area contributed by atoms with Gasteiger partial charge in [0.1, 0.15) is 0 Å². The smallest absolute Gasteiger partial charge is 0.336 e. The first kappa shape index (κ1) is 18.8. The third-order valence-corrected chi connectivity index (χ3v) is 4.92. The fraction of sp³-hybridized carbons (Fsp3) is 0.0476. The zero-order valence-electron chi connectivity index (χ0n) is 15.2. The van der Waals surface area contributed by atoms with Gasteiger partial charge in [-0.2, -0.15) is 5.10 Å². The number of carboxylic acids is 1. The molecule has 0 aliphatic carbocycles. The van der Waals surface area contributed by atoms with E-state index in [0.29, 0.717) is 28.1 Å². The van der Waals surface area contributed by atoms with Crippen molar-refractivity contribution in [2.24, 2.45) is 0 Å². The molecule has 0 unspecified atom stereocenters. The van der Waals surface area contributed by atoms with Crippen molar-refractivity contribution in [2.75, 3.05) is 5.32 Å². The number of H-pyrrole nitrogens is 1. The lowest BCUT2D eigenvalue weighted by molar-refractivity contribution is -0.114. The van der Waals surface area contributed by atoms with Gasteiger partial charge in [0.2, 0.25) is 5.91 Å². The van der Waals surface area contributed by atoms with E-state index < -0.39 is 5.97 Å². The first-order valence-electron chi connectivity index (χ1n) is 8.69. The molecule has 1 amide bonds. The number of carbonyl (C=O) groups excluding carboxylic acids is 1. The Labute approximate surface area is 173 Å². The van der Waals surface area contributed by atoms with Crippen molar-refractivity contribution in [1.82, 2.24) is 15.2 Å². The highest BCUT2D eigenvalue weighted by molar-refractivity contribution is 9.10. The van der Waals surface area contributed by atoms with Crippen LogP contribution in [0.5, 0.6) is 0 Å². The summed E-state index contributed by atoms with van der Waals surface area (Å²) in [7, 11) is 0. The summed E-state index contributed by atoms with van der Waals surface area (Å²) in [6, 6.07) is 16.1. The lowest BCUT2D eigenvalue weighted by atomic mass is 10.0. The second-order valence-corrected chi connectivity index (χ2v) is 7.34. The molecule has 0 aliphatic rings. The van der Waals surface area contributed by atoms with Crippen LogP contribution >= 0.6 is 15.9 Å². The predicted molar refractivity (Wildman–Crippen MR) is 114 cm³/mol. The Kier molecular flexibility index (Phi) is 4.85. The molecule has 0 saturated heterocycles. The molecule has 3 N–H and O–H groups in total. The van der Waals surface area contributed by atoms with Crippen LogP contribution in [0, 0.1) is 0 Å². The van der Waals surface area contributed by atoms with E-state index in [2.05, 4.69) is 36.4 Å². The number of rotatable bonds is 4. The van der Waals surface area contributed by atoms with E-state index in [1.807, 2.05) is 24.3 Å². The summed E-state index contributed by atoms with van der Waals surface area (Å²) < 4.78 is 0.923. The number of carbonyl (C=O) groups is 2. The summed E-state index contributed by atoms with van der Waals surface area (Å²) >= 11 is 3.39. The Balaban J connectivity index is 1.83. The molecule has 0 aliphatic heterocycles. The number of aromatic nitrogens is 3. The molecule has 2 heterocycles. The van der Waals surface area contributed by atoms with E-state index in [1.165, 1.54) is 13.0 Å². The van der Waals surface area contributed by atoms with Gasteiger partial charge in [0, 0.05) is 28.2 Å². The van der Waals surface area contributed by atoms with E-state index >= 15 is 0 Å². The third kappa shape index (κ3) is 3.74. The first-order chi connectivity index (χ1) is 13.9. The lowest BCUT2D eigenvalue weighted by Crippen LogP contribution is -2.05. The van der Waals surface area contributed by atoms with E-state index in [1.54, 1.807) is 24.3 Å². The van der Waals surface area contributed by atoms with Gasteiger partial charge in [-0.1, -0.05) is 40.2 Å². The highest BCUT2D eigenvalue weighted by atomic mass is 79.9. The van der Waals surface area contributed by atoms with Gasteiger partial charge in [-0.25, -0.2) is 9.78 Å². The SMILES string of the molecule is CC(=O)Nc1ccc(-c2cc(C(=O)O)c3c(-c4ccc(Br)cc4)[nH]nc3n2)cc1. The Bertz CT molecular complexity index is 1230. The molecule has 2 aromatic carbocycles. The van der Waals surface area contributed by atoms with Crippen LogP contribution in [0.2, 0.25) is 0 Å². The Morgan fingerprint density at radius 2 is 1.69 bits per heavy atom. The second kappa shape index (κ2) is 7.48. The van der Waals surface area contributed by atoms with Gasteiger partial charge in [-0.15, -0.1) is 0 Å². The van der Waals surface area contributed by atoms with Gasteiger partial charge in [-0.05, 0) is 30.3 Å². The molecule has 7 nitrogen and oxygen atoms in total. The predicted octanol–water partition coefficient (Wildman–Crippen LogP) is 4.71. The topological polar surface area (TPSA) is 108 Å². The first-order valence-corrected chi connectivity index (χ1v) is 9.48. The number of benzene rings is 2. The van der Waals surface area contributed by atoms with E-state index in [0.717, 1.165) is 15.6 Å². The number of aromatic amines is 1. The van der Waals surface area contributed by atoms with Crippen molar-refractivity contribution in [1.29, 1.82) is 0 Å². The Hall–Kier alpha value is -3.52. The minimum Gasteiger partial charge on any atom is -0.478 e. The molecule has 0 fully saturated rings. The molecule has 0 bridgehead atoms. The summed E-state index contributed by atoms with van der Waals surface area (Å²) in [5.41, 5.74) is 3.71. The van der Waals surface area contributed by atoms with Crippen LogP contribution in [0.1, 0.15) is 17.3 Å². The molecule has 4 rings (SSSR count). The maximum atomic E-state index is 12.0.